The number of hydrogen-bond acceptors (Lipinski definition) is 7. The SMILES string of the molecule is C=CCCC(NC(=O)[C@@H]1[C@@H]2[C@H](CN1C(=O)[C@@H](NC(=O)NC(C)(C)C)C(C)(C)C)C2(C)C)C(=O)C(=O)NCCC(=O)OC(C)(C)C=C. The van der Waals surface area contributed by atoms with E-state index in [1.807, 2.05) is 55.4 Å². The van der Waals surface area contributed by atoms with Crippen molar-refractivity contribution in [3.8, 4) is 0 Å². The fourth-order valence-electron chi connectivity index (χ4n) is 5.86. The summed E-state index contributed by atoms with van der Waals surface area (Å²) in [5.41, 5.74) is -2.28. The number of carbonyl (C=O) groups is 6. The predicted molar refractivity (Wildman–Crippen MR) is 175 cm³/mol. The lowest BCUT2D eigenvalue weighted by molar-refractivity contribution is -0.152. The number of esters is 1. The Balaban J connectivity index is 2.22. The maximum Gasteiger partial charge on any atom is 0.315 e. The average Bonchev–Trinajstić information content (AvgIpc) is 3.23. The van der Waals surface area contributed by atoms with Crippen molar-refractivity contribution in [3.05, 3.63) is 25.3 Å². The zero-order valence-corrected chi connectivity index (χ0v) is 29.3. The number of amides is 5. The van der Waals surface area contributed by atoms with E-state index in [4.69, 9.17) is 4.74 Å². The monoisotopic (exact) mass is 645 g/mol. The second-order valence-electron chi connectivity index (χ2n) is 15.6. The largest absolute Gasteiger partial charge is 0.455 e. The minimum Gasteiger partial charge on any atom is -0.455 e. The number of ether oxygens (including phenoxy) is 1. The fourth-order valence-corrected chi connectivity index (χ4v) is 5.86. The van der Waals surface area contributed by atoms with E-state index in [0.717, 1.165) is 0 Å². The molecule has 46 heavy (non-hydrogen) atoms. The quantitative estimate of drug-likeness (QED) is 0.128. The van der Waals surface area contributed by atoms with Crippen LogP contribution in [0.4, 0.5) is 4.79 Å². The molecule has 0 aromatic carbocycles. The van der Waals surface area contributed by atoms with E-state index < -0.39 is 70.2 Å². The molecule has 0 aromatic rings. The van der Waals surface area contributed by atoms with Crippen LogP contribution in [0.2, 0.25) is 0 Å². The lowest BCUT2D eigenvalue weighted by atomic mass is 9.85. The number of piperidine rings is 1. The topological polar surface area (TPSA) is 163 Å². The summed E-state index contributed by atoms with van der Waals surface area (Å²) in [7, 11) is 0. The lowest BCUT2D eigenvalue weighted by Gasteiger charge is -2.38. The molecule has 0 bridgehead atoms. The summed E-state index contributed by atoms with van der Waals surface area (Å²) in [6.07, 6.45) is 3.36. The Hall–Kier alpha value is -3.70. The van der Waals surface area contributed by atoms with Crippen LogP contribution in [-0.4, -0.2) is 82.8 Å². The predicted octanol–water partition coefficient (Wildman–Crippen LogP) is 3.02. The third-order valence-electron chi connectivity index (χ3n) is 8.64. The van der Waals surface area contributed by atoms with Crippen molar-refractivity contribution in [2.75, 3.05) is 13.1 Å². The molecule has 0 aromatic heterocycles. The standard InChI is InChI=1S/C34H55N5O7/c1-13-15-16-21(25(41)28(43)35-18-17-22(40)46-33(9,10)14-2)36-27(42)24-23-20(34(23,11)12)19-39(24)29(44)26(31(3,4)5)37-30(45)38-32(6,7)8/h13-14,20-21,23-24,26H,1-2,15-19H2,3-12H3,(H,35,43)(H,36,42)(H2,37,38,45)/t20-,21?,23-,24-,26+/m0/s1. The summed E-state index contributed by atoms with van der Waals surface area (Å²) in [5, 5.41) is 10.8. The van der Waals surface area contributed by atoms with Crippen LogP contribution in [0.25, 0.3) is 0 Å². The molecule has 258 valence electrons. The highest BCUT2D eigenvalue weighted by Crippen LogP contribution is 2.65. The smallest absolute Gasteiger partial charge is 0.315 e. The van der Waals surface area contributed by atoms with E-state index in [9.17, 15) is 28.8 Å². The van der Waals surface area contributed by atoms with Gasteiger partial charge in [0, 0.05) is 18.6 Å². The summed E-state index contributed by atoms with van der Waals surface area (Å²) >= 11 is 0. The highest BCUT2D eigenvalue weighted by atomic mass is 16.6. The van der Waals surface area contributed by atoms with Crippen molar-refractivity contribution in [3.63, 3.8) is 0 Å². The van der Waals surface area contributed by atoms with Gasteiger partial charge in [0.15, 0.2) is 0 Å². The molecule has 12 nitrogen and oxygen atoms in total. The number of likely N-dealkylation sites (tertiary alicyclic amines) is 1. The highest BCUT2D eigenvalue weighted by molar-refractivity contribution is 6.38. The Morgan fingerprint density at radius 1 is 0.978 bits per heavy atom. The maximum absolute atomic E-state index is 14.1. The number of carbonyl (C=O) groups excluding carboxylic acids is 6. The summed E-state index contributed by atoms with van der Waals surface area (Å²) in [5.74, 6) is -3.41. The van der Waals surface area contributed by atoms with Crippen molar-refractivity contribution >= 4 is 35.5 Å². The number of hydrogen-bond donors (Lipinski definition) is 4. The molecule has 2 aliphatic rings. The summed E-state index contributed by atoms with van der Waals surface area (Å²) < 4.78 is 5.26. The molecule has 2 fully saturated rings. The van der Waals surface area contributed by atoms with Crippen molar-refractivity contribution in [2.24, 2.45) is 22.7 Å². The molecule has 5 amide bonds. The van der Waals surface area contributed by atoms with E-state index in [1.165, 1.54) is 11.0 Å². The van der Waals surface area contributed by atoms with Gasteiger partial charge in [-0.25, -0.2) is 4.79 Å². The van der Waals surface area contributed by atoms with Crippen LogP contribution in [0.5, 0.6) is 0 Å². The van der Waals surface area contributed by atoms with Gasteiger partial charge in [0.2, 0.25) is 17.6 Å². The van der Waals surface area contributed by atoms with Crippen LogP contribution in [0.1, 0.15) is 88.5 Å². The van der Waals surface area contributed by atoms with E-state index >= 15 is 0 Å². The number of fused-ring (bicyclic) bond motifs is 1. The number of rotatable bonds is 14. The van der Waals surface area contributed by atoms with Crippen LogP contribution in [0.3, 0.4) is 0 Å². The second-order valence-corrected chi connectivity index (χ2v) is 15.6. The minimum atomic E-state index is -1.18. The van der Waals surface area contributed by atoms with E-state index in [2.05, 4.69) is 34.4 Å². The zero-order chi connectivity index (χ0) is 35.4. The van der Waals surface area contributed by atoms with Crippen LogP contribution < -0.4 is 21.3 Å². The Labute approximate surface area is 273 Å². The van der Waals surface area contributed by atoms with Crippen LogP contribution in [0.15, 0.2) is 25.3 Å². The van der Waals surface area contributed by atoms with Gasteiger partial charge in [-0.05, 0) is 76.2 Å². The average molecular weight is 646 g/mol. The highest BCUT2D eigenvalue weighted by Gasteiger charge is 2.70. The molecule has 2 rings (SSSR count). The molecule has 5 atom stereocenters. The number of Topliss-reactive ketones (excluding diaryl/α,β-unsaturated/α-hetero) is 1. The van der Waals surface area contributed by atoms with Crippen LogP contribution in [0, 0.1) is 22.7 Å². The van der Waals surface area contributed by atoms with Gasteiger partial charge in [-0.15, -0.1) is 6.58 Å². The maximum atomic E-state index is 14.1. The minimum absolute atomic E-state index is 0.0627. The van der Waals surface area contributed by atoms with Gasteiger partial charge in [-0.3, -0.25) is 24.0 Å². The van der Waals surface area contributed by atoms with Crippen LogP contribution >= 0.6 is 0 Å². The molecular weight excluding hydrogens is 590 g/mol. The molecule has 1 saturated heterocycles. The first kappa shape index (κ1) is 38.5. The summed E-state index contributed by atoms with van der Waals surface area (Å²) in [6.45, 7) is 25.9. The Morgan fingerprint density at radius 3 is 2.11 bits per heavy atom. The molecule has 0 radical (unpaired) electrons. The number of ketones is 1. The molecular formula is C34H55N5O7. The molecule has 1 heterocycles. The van der Waals surface area contributed by atoms with Gasteiger partial charge in [0.05, 0.1) is 12.5 Å². The number of urea groups is 1. The molecule has 4 N–H and O–H groups in total. The van der Waals surface area contributed by atoms with E-state index in [0.29, 0.717) is 13.0 Å². The number of allylic oxidation sites excluding steroid dienone is 1. The Kier molecular flexibility index (Phi) is 12.0. The molecule has 1 aliphatic heterocycles. The van der Waals surface area contributed by atoms with Crippen LogP contribution in [-0.2, 0) is 28.7 Å². The Morgan fingerprint density at radius 2 is 1.59 bits per heavy atom. The normalized spacial score (nSPS) is 21.5. The first-order chi connectivity index (χ1) is 21.0. The van der Waals surface area contributed by atoms with Crippen molar-refractivity contribution < 1.29 is 33.5 Å². The first-order valence-corrected chi connectivity index (χ1v) is 15.9. The van der Waals surface area contributed by atoms with Gasteiger partial charge in [-0.1, -0.05) is 47.3 Å². The first-order valence-electron chi connectivity index (χ1n) is 15.9. The van der Waals surface area contributed by atoms with E-state index in [-0.39, 0.29) is 36.6 Å². The van der Waals surface area contributed by atoms with Gasteiger partial charge >= 0.3 is 12.0 Å². The molecule has 0 spiro atoms. The second kappa shape index (κ2) is 14.4. The molecule has 1 saturated carbocycles. The summed E-state index contributed by atoms with van der Waals surface area (Å²) in [4.78, 5) is 80.5. The van der Waals surface area contributed by atoms with Gasteiger partial charge in [0.25, 0.3) is 5.91 Å². The van der Waals surface area contributed by atoms with E-state index in [1.54, 1.807) is 19.9 Å². The number of nitrogens with zero attached hydrogens (tertiary/aromatic N) is 1. The number of nitrogens with one attached hydrogen (secondary N) is 4. The van der Waals surface area contributed by atoms with Gasteiger partial charge in [0.1, 0.15) is 17.7 Å². The molecule has 1 unspecified atom stereocenters. The summed E-state index contributed by atoms with van der Waals surface area (Å²) in [6, 6.07) is -3.50. The van der Waals surface area contributed by atoms with Gasteiger partial charge < -0.3 is 30.9 Å². The zero-order valence-electron chi connectivity index (χ0n) is 29.3. The van der Waals surface area contributed by atoms with Gasteiger partial charge in [-0.2, -0.15) is 0 Å². The fraction of sp³-hybridized carbons (Fsp3) is 0.706. The molecule has 1 aliphatic carbocycles. The Bertz CT molecular complexity index is 1230. The molecule has 12 heteroatoms. The third kappa shape index (κ3) is 9.90. The third-order valence-corrected chi connectivity index (χ3v) is 8.64. The van der Waals surface area contributed by atoms with Crippen molar-refractivity contribution in [1.82, 2.24) is 26.2 Å². The lowest BCUT2D eigenvalue weighted by Crippen LogP contribution is -2.62. The van der Waals surface area contributed by atoms with Crippen molar-refractivity contribution in [2.45, 2.75) is 118 Å². The van der Waals surface area contributed by atoms with Crippen molar-refractivity contribution in [1.29, 1.82) is 0 Å².